The van der Waals surface area contributed by atoms with E-state index < -0.39 is 0 Å². The van der Waals surface area contributed by atoms with Crippen LogP contribution in [-0.2, 0) is 4.79 Å². The van der Waals surface area contributed by atoms with E-state index in [0.29, 0.717) is 37.0 Å². The molecule has 1 unspecified atom stereocenters. The summed E-state index contributed by atoms with van der Waals surface area (Å²) in [6.07, 6.45) is 0.423. The van der Waals surface area contributed by atoms with Crippen molar-refractivity contribution in [3.8, 4) is 17.1 Å². The van der Waals surface area contributed by atoms with Crippen molar-refractivity contribution < 1.29 is 9.32 Å². The van der Waals surface area contributed by atoms with Gasteiger partial charge in [0, 0.05) is 31.1 Å². The maximum atomic E-state index is 11.9. The quantitative estimate of drug-likeness (QED) is 0.772. The van der Waals surface area contributed by atoms with E-state index in [1.807, 2.05) is 44.2 Å². The average Bonchev–Trinajstić information content (AvgIpc) is 3.33. The molecule has 1 aliphatic heterocycles. The highest BCUT2D eigenvalue weighted by Crippen LogP contribution is 2.28. The summed E-state index contributed by atoms with van der Waals surface area (Å²) < 4.78 is 7.09. The largest absolute Gasteiger partial charge is 0.384 e. The molecule has 3 heterocycles. The Morgan fingerprint density at radius 1 is 1.31 bits per heavy atom. The molecule has 1 aromatic carbocycles. The second kappa shape index (κ2) is 6.29. The lowest BCUT2D eigenvalue weighted by molar-refractivity contribution is -0.127. The number of rotatable bonds is 4. The van der Waals surface area contributed by atoms with Crippen LogP contribution >= 0.6 is 0 Å². The number of aryl methyl sites for hydroxylation is 1. The van der Waals surface area contributed by atoms with Crippen LogP contribution in [0.1, 0.15) is 30.8 Å². The van der Waals surface area contributed by atoms with Crippen LogP contribution in [0.2, 0.25) is 0 Å². The molecule has 8 nitrogen and oxygen atoms in total. The number of hydrogen-bond donors (Lipinski definition) is 1. The summed E-state index contributed by atoms with van der Waals surface area (Å²) in [7, 11) is 0. The molecule has 0 bridgehead atoms. The van der Waals surface area contributed by atoms with Crippen LogP contribution in [0, 0.1) is 6.92 Å². The molecule has 134 valence electrons. The van der Waals surface area contributed by atoms with Crippen LogP contribution in [-0.4, -0.2) is 43.8 Å². The number of anilines is 1. The summed E-state index contributed by atoms with van der Waals surface area (Å²) in [4.78, 5) is 18.2. The average molecular weight is 352 g/mol. The van der Waals surface area contributed by atoms with Crippen molar-refractivity contribution in [2.24, 2.45) is 0 Å². The SMILES string of the molecule is CCN1CC(c2nc(-c3ccc(-n4nc(C)cc4N)cc3)no2)CC1=O. The molecule has 1 fully saturated rings. The highest BCUT2D eigenvalue weighted by atomic mass is 16.5. The zero-order valence-corrected chi connectivity index (χ0v) is 14.7. The molecule has 1 atom stereocenters. The number of carbonyl (C=O) groups is 1. The van der Waals surface area contributed by atoms with E-state index in [0.717, 1.165) is 16.9 Å². The van der Waals surface area contributed by atoms with Gasteiger partial charge in [0.25, 0.3) is 0 Å². The van der Waals surface area contributed by atoms with E-state index >= 15 is 0 Å². The van der Waals surface area contributed by atoms with Crippen molar-refractivity contribution in [2.75, 3.05) is 18.8 Å². The molecule has 0 spiro atoms. The van der Waals surface area contributed by atoms with Crippen molar-refractivity contribution in [3.05, 3.63) is 41.9 Å². The molecule has 2 N–H and O–H groups in total. The van der Waals surface area contributed by atoms with Gasteiger partial charge < -0.3 is 15.2 Å². The van der Waals surface area contributed by atoms with Gasteiger partial charge in [-0.2, -0.15) is 10.1 Å². The monoisotopic (exact) mass is 352 g/mol. The number of likely N-dealkylation sites (N-methyl/N-ethyl adjacent to an activating group) is 1. The lowest BCUT2D eigenvalue weighted by Gasteiger charge is -2.11. The minimum atomic E-state index is -0.0326. The number of nitrogen functional groups attached to an aromatic ring is 1. The van der Waals surface area contributed by atoms with Gasteiger partial charge >= 0.3 is 0 Å². The van der Waals surface area contributed by atoms with Crippen molar-refractivity contribution >= 4 is 11.7 Å². The number of nitrogens with zero attached hydrogens (tertiary/aromatic N) is 5. The van der Waals surface area contributed by atoms with Gasteiger partial charge in [-0.05, 0) is 38.1 Å². The zero-order valence-electron chi connectivity index (χ0n) is 14.7. The van der Waals surface area contributed by atoms with E-state index in [1.165, 1.54) is 0 Å². The second-order valence-electron chi connectivity index (χ2n) is 6.46. The number of carbonyl (C=O) groups excluding carboxylic acids is 1. The van der Waals surface area contributed by atoms with Gasteiger partial charge in [-0.1, -0.05) is 5.16 Å². The van der Waals surface area contributed by atoms with Crippen molar-refractivity contribution in [3.63, 3.8) is 0 Å². The smallest absolute Gasteiger partial charge is 0.232 e. The fourth-order valence-electron chi connectivity index (χ4n) is 3.24. The second-order valence-corrected chi connectivity index (χ2v) is 6.46. The van der Waals surface area contributed by atoms with E-state index in [4.69, 9.17) is 10.3 Å². The summed E-state index contributed by atoms with van der Waals surface area (Å²) in [6.45, 7) is 5.20. The van der Waals surface area contributed by atoms with Crippen LogP contribution in [0.4, 0.5) is 5.82 Å². The number of benzene rings is 1. The third kappa shape index (κ3) is 2.83. The standard InChI is InChI=1S/C18H20N6O2/c1-3-23-10-13(9-16(23)25)18-20-17(22-26-18)12-4-6-14(7-5-12)24-15(19)8-11(2)21-24/h4-8,13H,3,9-10,19H2,1-2H3. The normalized spacial score (nSPS) is 17.2. The first-order valence-electron chi connectivity index (χ1n) is 8.59. The lowest BCUT2D eigenvalue weighted by Crippen LogP contribution is -2.24. The van der Waals surface area contributed by atoms with Crippen molar-refractivity contribution in [2.45, 2.75) is 26.2 Å². The van der Waals surface area contributed by atoms with Crippen LogP contribution in [0.25, 0.3) is 17.1 Å². The molecule has 3 aromatic rings. The van der Waals surface area contributed by atoms with E-state index in [-0.39, 0.29) is 11.8 Å². The maximum Gasteiger partial charge on any atom is 0.232 e. The Balaban J connectivity index is 1.55. The van der Waals surface area contributed by atoms with Gasteiger partial charge in [0.15, 0.2) is 0 Å². The molecule has 0 radical (unpaired) electrons. The number of nitrogens with two attached hydrogens (primary N) is 1. The summed E-state index contributed by atoms with van der Waals surface area (Å²) in [5.74, 6) is 1.71. The van der Waals surface area contributed by atoms with Crippen molar-refractivity contribution in [1.29, 1.82) is 0 Å². The Labute approximate surface area is 150 Å². The highest BCUT2D eigenvalue weighted by Gasteiger charge is 2.33. The van der Waals surface area contributed by atoms with E-state index in [1.54, 1.807) is 9.58 Å². The summed E-state index contributed by atoms with van der Waals surface area (Å²) in [5.41, 5.74) is 8.52. The number of hydrogen-bond acceptors (Lipinski definition) is 6. The Kier molecular flexibility index (Phi) is 3.95. The zero-order chi connectivity index (χ0) is 18.3. The number of aromatic nitrogens is 4. The Bertz CT molecular complexity index is 943. The van der Waals surface area contributed by atoms with Gasteiger partial charge in [0.2, 0.25) is 17.6 Å². The number of amides is 1. The highest BCUT2D eigenvalue weighted by molar-refractivity contribution is 5.79. The van der Waals surface area contributed by atoms with Gasteiger partial charge in [0.1, 0.15) is 5.82 Å². The fourth-order valence-corrected chi connectivity index (χ4v) is 3.24. The Hall–Kier alpha value is -3.16. The third-order valence-corrected chi connectivity index (χ3v) is 4.62. The molecule has 1 amide bonds. The molecule has 4 rings (SSSR count). The molecule has 2 aromatic heterocycles. The van der Waals surface area contributed by atoms with Gasteiger partial charge in [-0.3, -0.25) is 4.79 Å². The molecule has 26 heavy (non-hydrogen) atoms. The minimum absolute atomic E-state index is 0.0326. The Morgan fingerprint density at radius 2 is 2.08 bits per heavy atom. The van der Waals surface area contributed by atoms with Gasteiger partial charge in [-0.25, -0.2) is 4.68 Å². The van der Waals surface area contributed by atoms with Crippen LogP contribution in [0.3, 0.4) is 0 Å². The first kappa shape index (κ1) is 16.3. The lowest BCUT2D eigenvalue weighted by atomic mass is 10.1. The third-order valence-electron chi connectivity index (χ3n) is 4.62. The predicted molar refractivity (Wildman–Crippen MR) is 95.6 cm³/mol. The van der Waals surface area contributed by atoms with Crippen LogP contribution in [0.15, 0.2) is 34.9 Å². The van der Waals surface area contributed by atoms with E-state index in [9.17, 15) is 4.79 Å². The Morgan fingerprint density at radius 3 is 2.69 bits per heavy atom. The number of likely N-dealkylation sites (tertiary alicyclic amines) is 1. The fraction of sp³-hybridized carbons (Fsp3) is 0.333. The van der Waals surface area contributed by atoms with Crippen molar-refractivity contribution in [1.82, 2.24) is 24.8 Å². The first-order chi connectivity index (χ1) is 12.5. The minimum Gasteiger partial charge on any atom is -0.384 e. The summed E-state index contributed by atoms with van der Waals surface area (Å²) in [6, 6.07) is 9.44. The molecule has 0 aliphatic carbocycles. The molecule has 1 aliphatic rings. The predicted octanol–water partition coefficient (Wildman–Crippen LogP) is 2.15. The first-order valence-corrected chi connectivity index (χ1v) is 8.59. The van der Waals surface area contributed by atoms with E-state index in [2.05, 4.69) is 15.2 Å². The molecule has 0 saturated carbocycles. The summed E-state index contributed by atoms with van der Waals surface area (Å²) >= 11 is 0. The molecular formula is C18H20N6O2. The van der Waals surface area contributed by atoms with Crippen LogP contribution < -0.4 is 5.73 Å². The van der Waals surface area contributed by atoms with Gasteiger partial charge in [0.05, 0.1) is 17.3 Å². The molecule has 8 heteroatoms. The molecular weight excluding hydrogens is 332 g/mol. The molecule has 1 saturated heterocycles. The topological polar surface area (TPSA) is 103 Å². The summed E-state index contributed by atoms with van der Waals surface area (Å²) in [5, 5.41) is 8.43. The van der Waals surface area contributed by atoms with Crippen LogP contribution in [0.5, 0.6) is 0 Å². The maximum absolute atomic E-state index is 11.9. The van der Waals surface area contributed by atoms with Gasteiger partial charge in [-0.15, -0.1) is 0 Å².